The maximum absolute atomic E-state index is 13.1. The van der Waals surface area contributed by atoms with E-state index in [1.54, 1.807) is 41.4 Å². The Bertz CT molecular complexity index is 1210. The third-order valence-corrected chi connectivity index (χ3v) is 8.07. The summed E-state index contributed by atoms with van der Waals surface area (Å²) < 4.78 is 34.5. The van der Waals surface area contributed by atoms with Crippen LogP contribution in [0.5, 0.6) is 0 Å². The third kappa shape index (κ3) is 3.35. The van der Waals surface area contributed by atoms with Crippen LogP contribution in [0.15, 0.2) is 58.1 Å². The number of piperidine rings is 1. The highest BCUT2D eigenvalue weighted by Crippen LogP contribution is 2.42. The predicted octanol–water partition coefficient (Wildman–Crippen LogP) is 2.30. The maximum atomic E-state index is 13.1. The van der Waals surface area contributed by atoms with Gasteiger partial charge in [0.2, 0.25) is 15.9 Å². The van der Waals surface area contributed by atoms with Gasteiger partial charge >= 0.3 is 0 Å². The SMILES string of the molecule is Cc1cc(CN2C(=O)CC3(CCN(S(=O)(=O)c4ccccc4)CC3)n3nccc32)no1. The summed E-state index contributed by atoms with van der Waals surface area (Å²) in [6.07, 6.45) is 3.01. The number of aryl methyl sites for hydroxylation is 1. The molecule has 0 atom stereocenters. The molecule has 0 unspecified atom stereocenters. The number of benzene rings is 1. The van der Waals surface area contributed by atoms with Crippen molar-refractivity contribution in [1.29, 1.82) is 0 Å². The zero-order chi connectivity index (χ0) is 21.6. The van der Waals surface area contributed by atoms with Gasteiger partial charge in [0.1, 0.15) is 17.3 Å². The van der Waals surface area contributed by atoms with Gasteiger partial charge in [-0.15, -0.1) is 0 Å². The summed E-state index contributed by atoms with van der Waals surface area (Å²) in [5.41, 5.74) is 0.160. The second kappa shape index (κ2) is 7.31. The fraction of sp³-hybridized carbons (Fsp3) is 0.381. The van der Waals surface area contributed by atoms with Crippen LogP contribution in [-0.4, -0.2) is 46.7 Å². The zero-order valence-corrected chi connectivity index (χ0v) is 18.0. The van der Waals surface area contributed by atoms with Gasteiger partial charge in [-0.25, -0.2) is 13.1 Å². The van der Waals surface area contributed by atoms with Crippen molar-refractivity contribution >= 4 is 21.7 Å². The van der Waals surface area contributed by atoms with Gasteiger partial charge in [0.25, 0.3) is 0 Å². The number of sulfonamides is 1. The standard InChI is InChI=1S/C21H23N5O4S/c1-16-13-17(23-30-16)15-25-19-7-10-22-26(19)21(14-20(25)27)8-11-24(12-9-21)31(28,29)18-5-3-2-4-6-18/h2-7,10,13H,8-9,11-12,14-15H2,1H3. The van der Waals surface area contributed by atoms with Gasteiger partial charge in [0.15, 0.2) is 0 Å². The lowest BCUT2D eigenvalue weighted by Crippen LogP contribution is -2.54. The lowest BCUT2D eigenvalue weighted by Gasteiger charge is -2.46. The van der Waals surface area contributed by atoms with Crippen molar-refractivity contribution in [2.45, 2.75) is 43.2 Å². The van der Waals surface area contributed by atoms with Gasteiger partial charge in [0.05, 0.1) is 29.6 Å². The van der Waals surface area contributed by atoms with E-state index in [1.165, 1.54) is 4.31 Å². The van der Waals surface area contributed by atoms with Gasteiger partial charge in [-0.05, 0) is 31.9 Å². The molecule has 1 spiro atoms. The van der Waals surface area contributed by atoms with E-state index in [-0.39, 0.29) is 12.3 Å². The molecule has 0 bridgehead atoms. The molecule has 31 heavy (non-hydrogen) atoms. The summed E-state index contributed by atoms with van der Waals surface area (Å²) in [7, 11) is -3.55. The average Bonchev–Trinajstić information content (AvgIpc) is 3.42. The Hall–Kier alpha value is -2.98. The number of anilines is 1. The first kappa shape index (κ1) is 20.0. The minimum Gasteiger partial charge on any atom is -0.361 e. The van der Waals surface area contributed by atoms with Gasteiger partial charge in [-0.2, -0.15) is 9.40 Å². The van der Waals surface area contributed by atoms with Crippen LogP contribution < -0.4 is 4.90 Å². The van der Waals surface area contributed by atoms with E-state index in [9.17, 15) is 13.2 Å². The quantitative estimate of drug-likeness (QED) is 0.616. The largest absolute Gasteiger partial charge is 0.361 e. The number of rotatable bonds is 4. The molecule has 2 aliphatic heterocycles. The molecule has 0 N–H and O–H groups in total. The Labute approximate surface area is 180 Å². The van der Waals surface area contributed by atoms with E-state index in [1.807, 2.05) is 23.7 Å². The van der Waals surface area contributed by atoms with E-state index in [2.05, 4.69) is 10.3 Å². The molecule has 0 radical (unpaired) electrons. The summed E-state index contributed by atoms with van der Waals surface area (Å²) in [5, 5.41) is 8.52. The highest BCUT2D eigenvalue weighted by Gasteiger charge is 2.47. The monoisotopic (exact) mass is 441 g/mol. The molecular formula is C21H23N5O4S. The van der Waals surface area contributed by atoms with Crippen molar-refractivity contribution < 1.29 is 17.7 Å². The number of fused-ring (bicyclic) bond motifs is 2. The molecule has 1 fully saturated rings. The van der Waals surface area contributed by atoms with Gasteiger partial charge in [-0.3, -0.25) is 9.69 Å². The summed E-state index contributed by atoms with van der Waals surface area (Å²) in [6, 6.07) is 12.1. The molecule has 1 amide bonds. The molecule has 3 aromatic rings. The highest BCUT2D eigenvalue weighted by molar-refractivity contribution is 7.89. The third-order valence-electron chi connectivity index (χ3n) is 6.16. The molecule has 162 valence electrons. The zero-order valence-electron chi connectivity index (χ0n) is 17.1. The number of carbonyl (C=O) groups excluding carboxylic acids is 1. The Morgan fingerprint density at radius 3 is 2.55 bits per heavy atom. The van der Waals surface area contributed by atoms with Gasteiger partial charge < -0.3 is 4.52 Å². The molecule has 2 aromatic heterocycles. The van der Waals surface area contributed by atoms with E-state index in [0.29, 0.717) is 54.6 Å². The second-order valence-electron chi connectivity index (χ2n) is 8.13. The Morgan fingerprint density at radius 2 is 1.87 bits per heavy atom. The molecule has 9 nitrogen and oxygen atoms in total. The Kier molecular flexibility index (Phi) is 4.71. The predicted molar refractivity (Wildman–Crippen MR) is 112 cm³/mol. The maximum Gasteiger partial charge on any atom is 0.243 e. The Morgan fingerprint density at radius 1 is 1.13 bits per heavy atom. The molecule has 1 saturated heterocycles. The molecular weight excluding hydrogens is 418 g/mol. The summed E-state index contributed by atoms with van der Waals surface area (Å²) in [4.78, 5) is 15.1. The fourth-order valence-corrected chi connectivity index (χ4v) is 6.00. The number of carbonyl (C=O) groups is 1. The van der Waals surface area contributed by atoms with Crippen LogP contribution in [0.3, 0.4) is 0 Å². The van der Waals surface area contributed by atoms with Gasteiger partial charge in [-0.1, -0.05) is 23.4 Å². The average molecular weight is 442 g/mol. The van der Waals surface area contributed by atoms with Crippen LogP contribution in [0, 0.1) is 6.92 Å². The Balaban J connectivity index is 1.39. The second-order valence-corrected chi connectivity index (χ2v) is 10.1. The van der Waals surface area contributed by atoms with Crippen LogP contribution >= 0.6 is 0 Å². The summed E-state index contributed by atoms with van der Waals surface area (Å²) in [6.45, 7) is 2.80. The number of hydrogen-bond acceptors (Lipinski definition) is 6. The molecule has 4 heterocycles. The number of aromatic nitrogens is 3. The van der Waals surface area contributed by atoms with E-state index < -0.39 is 15.6 Å². The van der Waals surface area contributed by atoms with Crippen LogP contribution in [0.25, 0.3) is 0 Å². The van der Waals surface area contributed by atoms with Crippen molar-refractivity contribution in [2.24, 2.45) is 0 Å². The van der Waals surface area contributed by atoms with E-state index in [4.69, 9.17) is 4.52 Å². The molecule has 5 rings (SSSR count). The van der Waals surface area contributed by atoms with Crippen molar-refractivity contribution in [3.05, 3.63) is 60.1 Å². The number of amides is 1. The van der Waals surface area contributed by atoms with Crippen molar-refractivity contribution in [2.75, 3.05) is 18.0 Å². The van der Waals surface area contributed by atoms with Crippen LogP contribution in [-0.2, 0) is 26.9 Å². The molecule has 1 aromatic carbocycles. The first-order chi connectivity index (χ1) is 14.9. The molecule has 0 saturated carbocycles. The van der Waals surface area contributed by atoms with Crippen molar-refractivity contribution in [1.82, 2.24) is 19.2 Å². The lowest BCUT2D eigenvalue weighted by molar-refractivity contribution is -0.122. The minimum atomic E-state index is -3.55. The van der Waals surface area contributed by atoms with Crippen LogP contribution in [0.2, 0.25) is 0 Å². The van der Waals surface area contributed by atoms with Crippen molar-refractivity contribution in [3.8, 4) is 0 Å². The number of hydrogen-bond donors (Lipinski definition) is 0. The normalized spacial score (nSPS) is 19.0. The molecule has 2 aliphatic rings. The van der Waals surface area contributed by atoms with Gasteiger partial charge in [0, 0.05) is 25.2 Å². The van der Waals surface area contributed by atoms with Crippen LogP contribution in [0.1, 0.15) is 30.7 Å². The number of nitrogens with zero attached hydrogens (tertiary/aromatic N) is 5. The first-order valence-corrected chi connectivity index (χ1v) is 11.7. The lowest BCUT2D eigenvalue weighted by atomic mass is 9.83. The fourth-order valence-electron chi connectivity index (χ4n) is 4.54. The van der Waals surface area contributed by atoms with Crippen LogP contribution in [0.4, 0.5) is 5.82 Å². The van der Waals surface area contributed by atoms with Crippen molar-refractivity contribution in [3.63, 3.8) is 0 Å². The minimum absolute atomic E-state index is 0.0204. The smallest absolute Gasteiger partial charge is 0.243 e. The molecule has 0 aliphatic carbocycles. The summed E-state index contributed by atoms with van der Waals surface area (Å²) >= 11 is 0. The molecule has 10 heteroatoms. The van der Waals surface area contributed by atoms with E-state index in [0.717, 1.165) is 0 Å². The summed E-state index contributed by atoms with van der Waals surface area (Å²) in [5.74, 6) is 1.38. The first-order valence-electron chi connectivity index (χ1n) is 10.2. The highest BCUT2D eigenvalue weighted by atomic mass is 32.2. The topological polar surface area (TPSA) is 102 Å². The van der Waals surface area contributed by atoms with E-state index >= 15 is 0 Å².